The fourth-order valence-corrected chi connectivity index (χ4v) is 2.77. The highest BCUT2D eigenvalue weighted by atomic mass is 16.6. The molecular weight excluding hydrogens is 308 g/mol. The molecule has 1 aliphatic heterocycles. The van der Waals surface area contributed by atoms with Crippen LogP contribution in [0.15, 0.2) is 11.2 Å². The molecule has 0 bridgehead atoms. The minimum Gasteiger partial charge on any atom is -0.450 e. The normalized spacial score (nSPS) is 16.2. The van der Waals surface area contributed by atoms with Crippen molar-refractivity contribution in [2.75, 3.05) is 26.2 Å². The Morgan fingerprint density at radius 3 is 2.92 bits per heavy atom. The first kappa shape index (κ1) is 18.1. The molecule has 1 aliphatic rings. The van der Waals surface area contributed by atoms with E-state index in [1.54, 1.807) is 4.90 Å². The molecule has 1 aromatic rings. The van der Waals surface area contributed by atoms with Crippen molar-refractivity contribution in [3.63, 3.8) is 0 Å². The molecule has 0 aliphatic carbocycles. The number of H-pyrrole nitrogens is 1. The average molecular weight is 336 g/mol. The van der Waals surface area contributed by atoms with Crippen LogP contribution in [0.3, 0.4) is 0 Å². The van der Waals surface area contributed by atoms with Gasteiger partial charge >= 0.3 is 6.09 Å². The molecule has 1 fully saturated rings. The standard InChI is InChI=1S/C16H28N6O2/c1-3-24-16(23)22-9-6-14(7-10-22)20-15(17)18-8-4-5-13-11-19-21-12(13)2/h11,14H,3-10H2,1-2H3,(H,19,21)(H3,17,18,20). The molecule has 0 radical (unpaired) electrons. The quantitative estimate of drug-likeness (QED) is 0.410. The Hall–Kier alpha value is -2.25. The van der Waals surface area contributed by atoms with E-state index in [1.165, 1.54) is 5.56 Å². The van der Waals surface area contributed by atoms with Crippen LogP contribution in [0.25, 0.3) is 0 Å². The number of piperidine rings is 1. The maximum atomic E-state index is 11.7. The van der Waals surface area contributed by atoms with Gasteiger partial charge in [0.25, 0.3) is 0 Å². The third-order valence-corrected chi connectivity index (χ3v) is 4.19. The number of aromatic nitrogens is 2. The van der Waals surface area contributed by atoms with Gasteiger partial charge in [-0.25, -0.2) is 4.79 Å². The highest BCUT2D eigenvalue weighted by molar-refractivity contribution is 5.78. The van der Waals surface area contributed by atoms with Crippen molar-refractivity contribution in [2.45, 2.75) is 45.6 Å². The zero-order valence-electron chi connectivity index (χ0n) is 14.5. The van der Waals surface area contributed by atoms with Crippen LogP contribution in [0.1, 0.15) is 37.4 Å². The lowest BCUT2D eigenvalue weighted by atomic mass is 10.1. The molecule has 1 aromatic heterocycles. The van der Waals surface area contributed by atoms with Gasteiger partial charge in [-0.1, -0.05) is 0 Å². The first-order valence-electron chi connectivity index (χ1n) is 8.57. The van der Waals surface area contributed by atoms with Gasteiger partial charge in [-0.3, -0.25) is 10.1 Å². The van der Waals surface area contributed by atoms with E-state index in [2.05, 4.69) is 20.5 Å². The largest absolute Gasteiger partial charge is 0.450 e. The van der Waals surface area contributed by atoms with Crippen LogP contribution in [0.5, 0.6) is 0 Å². The number of ether oxygens (including phenoxy) is 1. The molecule has 8 heteroatoms. The van der Waals surface area contributed by atoms with Gasteiger partial charge in [-0.2, -0.15) is 5.10 Å². The highest BCUT2D eigenvalue weighted by Gasteiger charge is 2.23. The van der Waals surface area contributed by atoms with E-state index in [1.807, 2.05) is 20.0 Å². The number of aryl methyl sites for hydroxylation is 2. The topological polar surface area (TPSA) is 109 Å². The molecule has 134 valence electrons. The van der Waals surface area contributed by atoms with Crippen LogP contribution in [0.4, 0.5) is 4.79 Å². The molecule has 2 rings (SSSR count). The summed E-state index contributed by atoms with van der Waals surface area (Å²) in [7, 11) is 0. The lowest BCUT2D eigenvalue weighted by Crippen LogP contribution is -2.48. The molecular formula is C16H28N6O2. The number of rotatable bonds is 6. The van der Waals surface area contributed by atoms with Crippen molar-refractivity contribution < 1.29 is 9.53 Å². The summed E-state index contributed by atoms with van der Waals surface area (Å²) in [4.78, 5) is 17.8. The number of guanidine groups is 1. The maximum Gasteiger partial charge on any atom is 0.409 e. The predicted octanol–water partition coefficient (Wildman–Crippen LogP) is 1.18. The van der Waals surface area contributed by atoms with Crippen molar-refractivity contribution >= 4 is 12.1 Å². The van der Waals surface area contributed by atoms with Crippen LogP contribution in [0.2, 0.25) is 0 Å². The van der Waals surface area contributed by atoms with E-state index in [9.17, 15) is 4.79 Å². The molecule has 0 spiro atoms. The number of likely N-dealkylation sites (tertiary alicyclic amines) is 1. The SMILES string of the molecule is CCOC(=O)N1CCC(NC(N)=NCCCc2cn[nH]c2C)CC1. The summed E-state index contributed by atoms with van der Waals surface area (Å²) >= 11 is 0. The van der Waals surface area contributed by atoms with Gasteiger partial charge in [-0.05, 0) is 45.1 Å². The van der Waals surface area contributed by atoms with E-state index in [-0.39, 0.29) is 12.1 Å². The molecule has 8 nitrogen and oxygen atoms in total. The number of aromatic amines is 1. The third kappa shape index (κ3) is 5.43. The summed E-state index contributed by atoms with van der Waals surface area (Å²) in [5.74, 6) is 0.480. The molecule has 0 saturated carbocycles. The second-order valence-electron chi connectivity index (χ2n) is 6.00. The van der Waals surface area contributed by atoms with Crippen molar-refractivity contribution in [2.24, 2.45) is 10.7 Å². The predicted molar refractivity (Wildman–Crippen MR) is 92.9 cm³/mol. The number of nitrogens with one attached hydrogen (secondary N) is 2. The number of amides is 1. The van der Waals surface area contributed by atoms with Crippen LogP contribution in [-0.4, -0.2) is 59.4 Å². The Morgan fingerprint density at radius 2 is 2.29 bits per heavy atom. The fourth-order valence-electron chi connectivity index (χ4n) is 2.77. The monoisotopic (exact) mass is 336 g/mol. The van der Waals surface area contributed by atoms with Crippen LogP contribution >= 0.6 is 0 Å². The zero-order valence-corrected chi connectivity index (χ0v) is 14.5. The number of hydrogen-bond donors (Lipinski definition) is 3. The molecule has 1 amide bonds. The number of nitrogens with zero attached hydrogens (tertiary/aromatic N) is 3. The molecule has 0 atom stereocenters. The second kappa shape index (κ2) is 9.14. The van der Waals surface area contributed by atoms with E-state index in [4.69, 9.17) is 10.5 Å². The summed E-state index contributed by atoms with van der Waals surface area (Å²) in [6.45, 7) is 6.30. The Balaban J connectivity index is 1.64. The number of hydrogen-bond acceptors (Lipinski definition) is 4. The highest BCUT2D eigenvalue weighted by Crippen LogP contribution is 2.11. The summed E-state index contributed by atoms with van der Waals surface area (Å²) in [6.07, 6.45) is 5.21. The number of aliphatic imine (C=N–C) groups is 1. The molecule has 2 heterocycles. The summed E-state index contributed by atoms with van der Waals surface area (Å²) in [5, 5.41) is 10.2. The van der Waals surface area contributed by atoms with Gasteiger partial charge in [-0.15, -0.1) is 0 Å². The Kier molecular flexibility index (Phi) is 6.89. The van der Waals surface area contributed by atoms with Crippen LogP contribution in [-0.2, 0) is 11.2 Å². The lowest BCUT2D eigenvalue weighted by Gasteiger charge is -2.31. The minimum atomic E-state index is -0.230. The molecule has 1 saturated heterocycles. The van der Waals surface area contributed by atoms with E-state index in [0.29, 0.717) is 32.2 Å². The van der Waals surface area contributed by atoms with Crippen molar-refractivity contribution in [1.82, 2.24) is 20.4 Å². The van der Waals surface area contributed by atoms with Gasteiger partial charge in [0.15, 0.2) is 5.96 Å². The van der Waals surface area contributed by atoms with Crippen molar-refractivity contribution in [1.29, 1.82) is 0 Å². The zero-order chi connectivity index (χ0) is 17.4. The smallest absolute Gasteiger partial charge is 0.409 e. The van der Waals surface area contributed by atoms with E-state index >= 15 is 0 Å². The first-order chi connectivity index (χ1) is 11.6. The van der Waals surface area contributed by atoms with Gasteiger partial charge < -0.3 is 20.7 Å². The fraction of sp³-hybridized carbons (Fsp3) is 0.688. The maximum absolute atomic E-state index is 11.7. The molecule has 0 unspecified atom stereocenters. The Bertz CT molecular complexity index is 549. The number of carbonyl (C=O) groups is 1. The molecule has 24 heavy (non-hydrogen) atoms. The van der Waals surface area contributed by atoms with E-state index < -0.39 is 0 Å². The summed E-state index contributed by atoms with van der Waals surface area (Å²) in [6, 6.07) is 0.260. The van der Waals surface area contributed by atoms with Gasteiger partial charge in [0.05, 0.1) is 12.8 Å². The van der Waals surface area contributed by atoms with Gasteiger partial charge in [0.2, 0.25) is 0 Å². The summed E-state index contributed by atoms with van der Waals surface area (Å²) < 4.78 is 5.01. The lowest BCUT2D eigenvalue weighted by molar-refractivity contribution is 0.0963. The minimum absolute atomic E-state index is 0.230. The van der Waals surface area contributed by atoms with Gasteiger partial charge in [0, 0.05) is 31.4 Å². The van der Waals surface area contributed by atoms with Crippen LogP contribution in [0, 0.1) is 6.92 Å². The molecule has 4 N–H and O–H groups in total. The second-order valence-corrected chi connectivity index (χ2v) is 6.00. The average Bonchev–Trinajstić information content (AvgIpc) is 2.97. The summed E-state index contributed by atoms with van der Waals surface area (Å²) in [5.41, 5.74) is 8.29. The van der Waals surface area contributed by atoms with E-state index in [0.717, 1.165) is 31.4 Å². The van der Waals surface area contributed by atoms with Crippen molar-refractivity contribution in [3.8, 4) is 0 Å². The third-order valence-electron chi connectivity index (χ3n) is 4.19. The Morgan fingerprint density at radius 1 is 1.54 bits per heavy atom. The first-order valence-corrected chi connectivity index (χ1v) is 8.57. The molecule has 0 aromatic carbocycles. The number of carbonyl (C=O) groups excluding carboxylic acids is 1. The van der Waals surface area contributed by atoms with Gasteiger partial charge in [0.1, 0.15) is 0 Å². The Labute approximate surface area is 142 Å². The number of nitrogens with two attached hydrogens (primary N) is 1. The van der Waals surface area contributed by atoms with Crippen LogP contribution < -0.4 is 11.1 Å². The van der Waals surface area contributed by atoms with Crippen molar-refractivity contribution in [3.05, 3.63) is 17.5 Å².